The van der Waals surface area contributed by atoms with E-state index < -0.39 is 0 Å². The van der Waals surface area contributed by atoms with Crippen molar-refractivity contribution in [2.75, 3.05) is 19.9 Å². The molecule has 1 saturated heterocycles. The van der Waals surface area contributed by atoms with Crippen molar-refractivity contribution in [1.29, 1.82) is 0 Å². The van der Waals surface area contributed by atoms with Crippen LogP contribution in [-0.4, -0.2) is 42.6 Å². The van der Waals surface area contributed by atoms with Crippen molar-refractivity contribution in [1.82, 2.24) is 10.2 Å². The van der Waals surface area contributed by atoms with E-state index >= 15 is 0 Å². The number of carbonyl (C=O) groups is 2. The standard InChI is InChI=1S/C18H17BrN2O5/c19-16-4-3-14(26-16)18(23)21-7-5-12(6-8-21)20-17(22)11-1-2-13-15(9-11)25-10-24-13/h1-4,9,12H,5-8,10H2,(H,20,22). The van der Waals surface area contributed by atoms with Gasteiger partial charge < -0.3 is 24.1 Å². The molecule has 0 unspecified atom stereocenters. The predicted molar refractivity (Wildman–Crippen MR) is 95.4 cm³/mol. The van der Waals surface area contributed by atoms with Crippen LogP contribution < -0.4 is 14.8 Å². The maximum atomic E-state index is 12.4. The fourth-order valence-electron chi connectivity index (χ4n) is 3.12. The molecular formula is C18H17BrN2O5. The fraction of sp³-hybridized carbons (Fsp3) is 0.333. The topological polar surface area (TPSA) is 81.0 Å². The normalized spacial score (nSPS) is 16.6. The number of fused-ring (bicyclic) bond motifs is 1. The minimum atomic E-state index is -0.150. The third-order valence-electron chi connectivity index (χ3n) is 4.54. The van der Waals surface area contributed by atoms with Gasteiger partial charge in [-0.2, -0.15) is 0 Å². The number of hydrogen-bond donors (Lipinski definition) is 1. The van der Waals surface area contributed by atoms with Crippen LogP contribution in [0.3, 0.4) is 0 Å². The Labute approximate surface area is 158 Å². The van der Waals surface area contributed by atoms with Crippen LogP contribution in [0, 0.1) is 0 Å². The lowest BCUT2D eigenvalue weighted by atomic mass is 10.0. The lowest BCUT2D eigenvalue weighted by Gasteiger charge is -2.31. The molecule has 1 aromatic heterocycles. The monoisotopic (exact) mass is 420 g/mol. The molecule has 2 aliphatic heterocycles. The van der Waals surface area contributed by atoms with Gasteiger partial charge in [0.25, 0.3) is 11.8 Å². The Morgan fingerprint density at radius 2 is 1.85 bits per heavy atom. The van der Waals surface area contributed by atoms with Gasteiger partial charge in [0.05, 0.1) is 0 Å². The first-order chi connectivity index (χ1) is 12.6. The number of hydrogen-bond acceptors (Lipinski definition) is 5. The maximum Gasteiger partial charge on any atom is 0.289 e. The Morgan fingerprint density at radius 3 is 2.58 bits per heavy atom. The number of benzene rings is 1. The first-order valence-corrected chi connectivity index (χ1v) is 9.14. The predicted octanol–water partition coefficient (Wildman–Crippen LogP) is 2.81. The summed E-state index contributed by atoms with van der Waals surface area (Å²) in [7, 11) is 0. The van der Waals surface area contributed by atoms with E-state index in [-0.39, 0.29) is 24.6 Å². The van der Waals surface area contributed by atoms with Gasteiger partial charge in [0.2, 0.25) is 6.79 Å². The quantitative estimate of drug-likeness (QED) is 0.825. The molecule has 1 aromatic carbocycles. The highest BCUT2D eigenvalue weighted by molar-refractivity contribution is 9.10. The van der Waals surface area contributed by atoms with Crippen molar-refractivity contribution in [3.8, 4) is 11.5 Å². The van der Waals surface area contributed by atoms with Crippen LogP contribution in [0.15, 0.2) is 39.4 Å². The SMILES string of the molecule is O=C(NC1CCN(C(=O)c2ccc(Br)o2)CC1)c1ccc2c(c1)OCO2. The number of carbonyl (C=O) groups excluding carboxylic acids is 2. The first kappa shape index (κ1) is 17.0. The van der Waals surface area contributed by atoms with E-state index in [9.17, 15) is 9.59 Å². The summed E-state index contributed by atoms with van der Waals surface area (Å²) in [6.45, 7) is 1.33. The third kappa shape index (κ3) is 3.41. The summed E-state index contributed by atoms with van der Waals surface area (Å²) in [4.78, 5) is 26.6. The number of nitrogens with one attached hydrogen (secondary N) is 1. The van der Waals surface area contributed by atoms with Crippen molar-refractivity contribution in [2.24, 2.45) is 0 Å². The molecule has 2 aromatic rings. The zero-order chi connectivity index (χ0) is 18.1. The molecule has 0 aliphatic carbocycles. The maximum absolute atomic E-state index is 12.4. The Hall–Kier alpha value is -2.48. The van der Waals surface area contributed by atoms with E-state index in [4.69, 9.17) is 13.9 Å². The second kappa shape index (κ2) is 7.03. The zero-order valence-electron chi connectivity index (χ0n) is 13.9. The van der Waals surface area contributed by atoms with Crippen molar-refractivity contribution >= 4 is 27.7 Å². The average molecular weight is 421 g/mol. The second-order valence-corrected chi connectivity index (χ2v) is 6.99. The molecule has 2 aliphatic rings. The van der Waals surface area contributed by atoms with E-state index in [2.05, 4.69) is 21.2 Å². The van der Waals surface area contributed by atoms with Gasteiger partial charge in [0.1, 0.15) is 0 Å². The minimum Gasteiger partial charge on any atom is -0.454 e. The number of ether oxygens (including phenoxy) is 2. The Kier molecular flexibility index (Phi) is 4.58. The van der Waals surface area contributed by atoms with Gasteiger partial charge in [-0.25, -0.2) is 0 Å². The molecule has 7 nitrogen and oxygen atoms in total. The van der Waals surface area contributed by atoms with Crippen LogP contribution in [0.4, 0.5) is 0 Å². The van der Waals surface area contributed by atoms with Crippen molar-refractivity contribution in [2.45, 2.75) is 18.9 Å². The summed E-state index contributed by atoms with van der Waals surface area (Å²) in [5.41, 5.74) is 0.535. The van der Waals surface area contributed by atoms with Crippen LogP contribution >= 0.6 is 15.9 Å². The van der Waals surface area contributed by atoms with Crippen molar-refractivity contribution in [3.05, 3.63) is 46.3 Å². The lowest BCUT2D eigenvalue weighted by molar-refractivity contribution is 0.0666. The average Bonchev–Trinajstić information content (AvgIpc) is 3.29. The van der Waals surface area contributed by atoms with Gasteiger partial charge in [-0.1, -0.05) is 0 Å². The molecule has 0 saturated carbocycles. The van der Waals surface area contributed by atoms with Gasteiger partial charge in [-0.15, -0.1) is 0 Å². The highest BCUT2D eigenvalue weighted by Gasteiger charge is 2.26. The number of rotatable bonds is 3. The molecule has 0 radical (unpaired) electrons. The first-order valence-electron chi connectivity index (χ1n) is 8.35. The highest BCUT2D eigenvalue weighted by atomic mass is 79.9. The molecule has 1 N–H and O–H groups in total. The number of furan rings is 1. The van der Waals surface area contributed by atoms with Crippen molar-refractivity contribution in [3.63, 3.8) is 0 Å². The van der Waals surface area contributed by atoms with Crippen LogP contribution in [-0.2, 0) is 0 Å². The molecule has 136 valence electrons. The van der Waals surface area contributed by atoms with Gasteiger partial charge in [0, 0.05) is 24.7 Å². The number of nitrogens with zero attached hydrogens (tertiary/aromatic N) is 1. The minimum absolute atomic E-state index is 0.0281. The smallest absolute Gasteiger partial charge is 0.289 e. The molecule has 0 bridgehead atoms. The van der Waals surface area contributed by atoms with E-state index in [0.717, 1.165) is 0 Å². The van der Waals surface area contributed by atoms with E-state index in [1.54, 1.807) is 35.2 Å². The van der Waals surface area contributed by atoms with E-state index in [0.29, 0.717) is 53.4 Å². The summed E-state index contributed by atoms with van der Waals surface area (Å²) >= 11 is 3.20. The molecule has 1 fully saturated rings. The molecule has 0 atom stereocenters. The Morgan fingerprint density at radius 1 is 1.08 bits per heavy atom. The molecule has 2 amide bonds. The van der Waals surface area contributed by atoms with Crippen molar-refractivity contribution < 1.29 is 23.5 Å². The number of amides is 2. The summed E-state index contributed by atoms with van der Waals surface area (Å²) in [6, 6.07) is 8.52. The molecule has 8 heteroatoms. The van der Waals surface area contributed by atoms with E-state index in [1.807, 2.05) is 0 Å². The highest BCUT2D eigenvalue weighted by Crippen LogP contribution is 2.32. The number of piperidine rings is 1. The number of halogens is 1. The summed E-state index contributed by atoms with van der Waals surface area (Å²) in [5, 5.41) is 3.03. The van der Waals surface area contributed by atoms with Crippen LogP contribution in [0.2, 0.25) is 0 Å². The molecule has 26 heavy (non-hydrogen) atoms. The summed E-state index contributed by atoms with van der Waals surface area (Å²) in [5.74, 6) is 1.28. The van der Waals surface area contributed by atoms with E-state index in [1.165, 1.54) is 0 Å². The molecule has 4 rings (SSSR count). The van der Waals surface area contributed by atoms with Gasteiger partial charge >= 0.3 is 0 Å². The zero-order valence-corrected chi connectivity index (χ0v) is 15.5. The van der Waals surface area contributed by atoms with Gasteiger partial charge in [-0.3, -0.25) is 9.59 Å². The summed E-state index contributed by atoms with van der Waals surface area (Å²) in [6.07, 6.45) is 1.40. The molecular weight excluding hydrogens is 404 g/mol. The fourth-order valence-corrected chi connectivity index (χ4v) is 3.43. The molecule has 0 spiro atoms. The van der Waals surface area contributed by atoms with Crippen LogP contribution in [0.1, 0.15) is 33.8 Å². The molecule has 3 heterocycles. The van der Waals surface area contributed by atoms with Crippen LogP contribution in [0.5, 0.6) is 11.5 Å². The van der Waals surface area contributed by atoms with Gasteiger partial charge in [0.15, 0.2) is 21.9 Å². The third-order valence-corrected chi connectivity index (χ3v) is 4.96. The van der Waals surface area contributed by atoms with Gasteiger partial charge in [-0.05, 0) is 59.1 Å². The lowest BCUT2D eigenvalue weighted by Crippen LogP contribution is -2.46. The number of likely N-dealkylation sites (tertiary alicyclic amines) is 1. The van der Waals surface area contributed by atoms with Crippen LogP contribution in [0.25, 0.3) is 0 Å². The second-order valence-electron chi connectivity index (χ2n) is 6.21. The Balaban J connectivity index is 1.32. The largest absolute Gasteiger partial charge is 0.454 e. The Bertz CT molecular complexity index is 842. The summed E-state index contributed by atoms with van der Waals surface area (Å²) < 4.78 is 16.4.